The third-order valence-corrected chi connectivity index (χ3v) is 3.36. The third kappa shape index (κ3) is 2.36. The third-order valence-electron chi connectivity index (χ3n) is 2.92. The molecule has 0 amide bonds. The summed E-state index contributed by atoms with van der Waals surface area (Å²) in [5, 5.41) is 8.40. The van der Waals surface area contributed by atoms with Gasteiger partial charge in [-0.1, -0.05) is 28.4 Å². The molecule has 1 aromatic heterocycles. The number of benzene rings is 1. The van der Waals surface area contributed by atoms with Crippen LogP contribution in [-0.2, 0) is 0 Å². The molecule has 1 aliphatic rings. The van der Waals surface area contributed by atoms with Crippen LogP contribution in [0, 0.1) is 0 Å². The summed E-state index contributed by atoms with van der Waals surface area (Å²) < 4.78 is 5.27. The molecule has 0 aliphatic carbocycles. The van der Waals surface area contributed by atoms with Crippen LogP contribution < -0.4 is 5.32 Å². The van der Waals surface area contributed by atoms with E-state index in [-0.39, 0.29) is 6.04 Å². The van der Waals surface area contributed by atoms with Gasteiger partial charge in [0.15, 0.2) is 0 Å². The Hall–Kier alpha value is -1.10. The van der Waals surface area contributed by atoms with Crippen LogP contribution in [-0.4, -0.2) is 16.7 Å². The number of halogens is 2. The van der Waals surface area contributed by atoms with E-state index in [1.54, 1.807) is 18.2 Å². The molecule has 1 fully saturated rings. The Labute approximate surface area is 114 Å². The van der Waals surface area contributed by atoms with Crippen molar-refractivity contribution in [2.45, 2.75) is 18.9 Å². The summed E-state index contributed by atoms with van der Waals surface area (Å²) in [4.78, 5) is 4.39. The Balaban J connectivity index is 1.92. The molecule has 0 saturated carbocycles. The molecule has 0 radical (unpaired) electrons. The summed E-state index contributed by atoms with van der Waals surface area (Å²) in [5.74, 6) is 1.14. The van der Waals surface area contributed by atoms with Gasteiger partial charge in [0, 0.05) is 15.6 Å². The van der Waals surface area contributed by atoms with Crippen molar-refractivity contribution in [2.24, 2.45) is 0 Å². The lowest BCUT2D eigenvalue weighted by Gasteiger charge is -2.01. The Morgan fingerprint density at radius 1 is 1.22 bits per heavy atom. The van der Waals surface area contributed by atoms with E-state index in [1.807, 2.05) is 0 Å². The molecule has 1 aromatic carbocycles. The van der Waals surface area contributed by atoms with Gasteiger partial charge in [0.05, 0.1) is 6.04 Å². The second-order valence-corrected chi connectivity index (χ2v) is 5.14. The SMILES string of the molecule is Clc1cc(Cl)cc(-c2noc([C@H]3CCCN3)n2)c1. The second kappa shape index (κ2) is 4.88. The Morgan fingerprint density at radius 2 is 2.00 bits per heavy atom. The first kappa shape index (κ1) is 12.0. The molecule has 1 aliphatic heterocycles. The zero-order valence-electron chi connectivity index (χ0n) is 9.49. The van der Waals surface area contributed by atoms with Crippen LogP contribution in [0.2, 0.25) is 10.0 Å². The minimum Gasteiger partial charge on any atom is -0.337 e. The highest BCUT2D eigenvalue weighted by Crippen LogP contribution is 2.27. The van der Waals surface area contributed by atoms with E-state index in [0.29, 0.717) is 21.8 Å². The molecule has 0 bridgehead atoms. The summed E-state index contributed by atoms with van der Waals surface area (Å²) in [7, 11) is 0. The van der Waals surface area contributed by atoms with Crippen LogP contribution >= 0.6 is 23.2 Å². The van der Waals surface area contributed by atoms with Crippen LogP contribution in [0.15, 0.2) is 22.7 Å². The molecule has 2 heterocycles. The maximum absolute atomic E-state index is 5.95. The minimum absolute atomic E-state index is 0.168. The van der Waals surface area contributed by atoms with Gasteiger partial charge in [-0.2, -0.15) is 4.98 Å². The van der Waals surface area contributed by atoms with Gasteiger partial charge in [0.2, 0.25) is 11.7 Å². The average Bonchev–Trinajstić information content (AvgIpc) is 2.99. The molecule has 18 heavy (non-hydrogen) atoms. The summed E-state index contributed by atoms with van der Waals surface area (Å²) in [6, 6.07) is 5.38. The van der Waals surface area contributed by atoms with Crippen LogP contribution in [0.3, 0.4) is 0 Å². The van der Waals surface area contributed by atoms with Crippen molar-refractivity contribution in [2.75, 3.05) is 6.54 Å². The molecular formula is C12H11Cl2N3O. The number of rotatable bonds is 2. The van der Waals surface area contributed by atoms with E-state index in [4.69, 9.17) is 27.7 Å². The first-order valence-corrected chi connectivity index (χ1v) is 6.51. The fourth-order valence-corrected chi connectivity index (χ4v) is 2.60. The quantitative estimate of drug-likeness (QED) is 0.917. The maximum atomic E-state index is 5.95. The van der Waals surface area contributed by atoms with Gasteiger partial charge in [0.25, 0.3) is 0 Å². The standard InChI is InChI=1S/C12H11Cl2N3O/c13-8-4-7(5-9(14)6-8)11-16-12(18-17-11)10-2-1-3-15-10/h4-6,10,15H,1-3H2/t10-/m1/s1. The summed E-state index contributed by atoms with van der Waals surface area (Å²) in [6.07, 6.45) is 2.16. The molecule has 1 atom stereocenters. The first-order valence-electron chi connectivity index (χ1n) is 5.76. The first-order chi connectivity index (χ1) is 8.72. The fraction of sp³-hybridized carbons (Fsp3) is 0.333. The van der Waals surface area contributed by atoms with Crippen molar-refractivity contribution in [3.63, 3.8) is 0 Å². The van der Waals surface area contributed by atoms with Gasteiger partial charge in [-0.05, 0) is 37.6 Å². The van der Waals surface area contributed by atoms with Crippen LogP contribution in [0.5, 0.6) is 0 Å². The number of hydrogen-bond acceptors (Lipinski definition) is 4. The molecule has 0 spiro atoms. The zero-order chi connectivity index (χ0) is 12.5. The second-order valence-electron chi connectivity index (χ2n) is 4.26. The van der Waals surface area contributed by atoms with E-state index < -0.39 is 0 Å². The number of nitrogens with one attached hydrogen (secondary N) is 1. The van der Waals surface area contributed by atoms with Crippen LogP contribution in [0.4, 0.5) is 0 Å². The molecule has 0 unspecified atom stereocenters. The monoisotopic (exact) mass is 283 g/mol. The largest absolute Gasteiger partial charge is 0.337 e. The molecule has 4 nitrogen and oxygen atoms in total. The Bertz CT molecular complexity index is 544. The number of nitrogens with zero attached hydrogens (tertiary/aromatic N) is 2. The van der Waals surface area contributed by atoms with Gasteiger partial charge in [-0.3, -0.25) is 0 Å². The minimum atomic E-state index is 0.168. The highest BCUT2D eigenvalue weighted by atomic mass is 35.5. The number of aromatic nitrogens is 2. The fourth-order valence-electron chi connectivity index (χ4n) is 2.07. The Kier molecular flexibility index (Phi) is 3.24. The topological polar surface area (TPSA) is 51.0 Å². The summed E-state index contributed by atoms with van der Waals surface area (Å²) in [6.45, 7) is 0.991. The molecule has 6 heteroatoms. The molecular weight excluding hydrogens is 273 g/mol. The highest BCUT2D eigenvalue weighted by Gasteiger charge is 2.22. The summed E-state index contributed by atoms with van der Waals surface area (Å²) >= 11 is 11.9. The van der Waals surface area contributed by atoms with E-state index >= 15 is 0 Å². The highest BCUT2D eigenvalue weighted by molar-refractivity contribution is 6.35. The van der Waals surface area contributed by atoms with Gasteiger partial charge in [-0.25, -0.2) is 0 Å². The van der Waals surface area contributed by atoms with Crippen molar-refractivity contribution < 1.29 is 4.52 Å². The summed E-state index contributed by atoms with van der Waals surface area (Å²) in [5.41, 5.74) is 0.764. The van der Waals surface area contributed by atoms with E-state index in [0.717, 1.165) is 24.9 Å². The Morgan fingerprint density at radius 3 is 2.67 bits per heavy atom. The smallest absolute Gasteiger partial charge is 0.244 e. The van der Waals surface area contributed by atoms with Gasteiger partial charge >= 0.3 is 0 Å². The predicted octanol–water partition coefficient (Wildman–Crippen LogP) is 3.47. The van der Waals surface area contributed by atoms with E-state index in [2.05, 4.69) is 15.5 Å². The maximum Gasteiger partial charge on any atom is 0.244 e. The van der Waals surface area contributed by atoms with Gasteiger partial charge in [0.1, 0.15) is 0 Å². The van der Waals surface area contributed by atoms with Crippen molar-refractivity contribution in [1.29, 1.82) is 0 Å². The lowest BCUT2D eigenvalue weighted by atomic mass is 10.2. The molecule has 1 saturated heterocycles. The molecule has 3 rings (SSSR count). The molecule has 1 N–H and O–H groups in total. The van der Waals surface area contributed by atoms with Gasteiger partial charge < -0.3 is 9.84 Å². The van der Waals surface area contributed by atoms with Crippen molar-refractivity contribution in [3.8, 4) is 11.4 Å². The normalized spacial score (nSPS) is 19.3. The number of hydrogen-bond donors (Lipinski definition) is 1. The van der Waals surface area contributed by atoms with Crippen LogP contribution in [0.25, 0.3) is 11.4 Å². The van der Waals surface area contributed by atoms with Gasteiger partial charge in [-0.15, -0.1) is 0 Å². The molecule has 94 valence electrons. The van der Waals surface area contributed by atoms with Crippen molar-refractivity contribution in [1.82, 2.24) is 15.5 Å². The van der Waals surface area contributed by atoms with Crippen molar-refractivity contribution in [3.05, 3.63) is 34.1 Å². The lowest BCUT2D eigenvalue weighted by Crippen LogP contribution is -2.12. The van der Waals surface area contributed by atoms with Crippen LogP contribution in [0.1, 0.15) is 24.8 Å². The lowest BCUT2D eigenvalue weighted by molar-refractivity contribution is 0.345. The van der Waals surface area contributed by atoms with E-state index in [1.165, 1.54) is 0 Å². The average molecular weight is 284 g/mol. The van der Waals surface area contributed by atoms with E-state index in [9.17, 15) is 0 Å². The van der Waals surface area contributed by atoms with Crippen molar-refractivity contribution >= 4 is 23.2 Å². The molecule has 2 aromatic rings. The zero-order valence-corrected chi connectivity index (χ0v) is 11.0. The predicted molar refractivity (Wildman–Crippen MR) is 69.7 cm³/mol.